The summed E-state index contributed by atoms with van der Waals surface area (Å²) in [6.07, 6.45) is 7.15. The molecule has 1 aliphatic carbocycles. The summed E-state index contributed by atoms with van der Waals surface area (Å²) >= 11 is 5.53. The minimum atomic E-state index is -0.0877. The summed E-state index contributed by atoms with van der Waals surface area (Å²) in [7, 11) is 3.65. The van der Waals surface area contributed by atoms with Crippen LogP contribution in [0.5, 0.6) is 5.75 Å². The molecule has 0 aromatic heterocycles. The first kappa shape index (κ1) is 19.6. The van der Waals surface area contributed by atoms with Crippen molar-refractivity contribution in [1.82, 2.24) is 9.80 Å². The highest BCUT2D eigenvalue weighted by Gasteiger charge is 2.40. The van der Waals surface area contributed by atoms with Gasteiger partial charge in [-0.15, -0.1) is 0 Å². The molecule has 0 bridgehead atoms. The molecular weight excluding hydrogens is 362 g/mol. The first-order valence-corrected chi connectivity index (χ1v) is 9.83. The van der Waals surface area contributed by atoms with Crippen molar-refractivity contribution in [2.45, 2.75) is 38.1 Å². The second kappa shape index (κ2) is 8.27. The number of aliphatic hydroxyl groups excluding tert-OH is 1. The van der Waals surface area contributed by atoms with E-state index < -0.39 is 0 Å². The van der Waals surface area contributed by atoms with Crippen molar-refractivity contribution in [2.75, 3.05) is 32.1 Å². The first-order valence-electron chi connectivity index (χ1n) is 9.42. The smallest absolute Gasteiger partial charge is 0.277 e. The van der Waals surface area contributed by atoms with E-state index in [0.29, 0.717) is 22.9 Å². The van der Waals surface area contributed by atoms with Crippen molar-refractivity contribution in [2.24, 2.45) is 0 Å². The zero-order valence-corrected chi connectivity index (χ0v) is 16.7. The Morgan fingerprint density at radius 1 is 1.30 bits per heavy atom. The number of hydrogen-bond acceptors (Lipinski definition) is 5. The second-order valence-corrected chi connectivity index (χ2v) is 7.59. The summed E-state index contributed by atoms with van der Waals surface area (Å²) < 4.78 is 0. The number of carbonyl (C=O) groups is 1. The van der Waals surface area contributed by atoms with E-state index in [-0.39, 0.29) is 24.3 Å². The third kappa shape index (κ3) is 3.94. The predicted molar refractivity (Wildman–Crippen MR) is 111 cm³/mol. The summed E-state index contributed by atoms with van der Waals surface area (Å²) in [5.41, 5.74) is 1.85. The van der Waals surface area contributed by atoms with Crippen LogP contribution in [0, 0.1) is 0 Å². The minimum absolute atomic E-state index is 0.0385. The van der Waals surface area contributed by atoms with Gasteiger partial charge in [0.1, 0.15) is 11.4 Å². The zero-order chi connectivity index (χ0) is 19.6. The standard InChI is InChI=1S/C20H27N3O3S/c1-21(10-11-24)16-9-8-14(18(25)13-16)12-17-19(26)23(20(27)22(17)2)15-6-4-3-5-7-15/h8-9,12-13,15,24-25H,3-7,10-11H2,1-2H3. The van der Waals surface area contributed by atoms with E-state index >= 15 is 0 Å². The van der Waals surface area contributed by atoms with Gasteiger partial charge in [-0.05, 0) is 43.3 Å². The molecule has 6 nitrogen and oxygen atoms in total. The fourth-order valence-corrected chi connectivity index (χ4v) is 4.09. The molecule has 1 aromatic rings. The van der Waals surface area contributed by atoms with Crippen LogP contribution in [0.2, 0.25) is 0 Å². The largest absolute Gasteiger partial charge is 0.507 e. The van der Waals surface area contributed by atoms with Crippen LogP contribution >= 0.6 is 12.2 Å². The van der Waals surface area contributed by atoms with Gasteiger partial charge in [0, 0.05) is 44.0 Å². The average molecular weight is 390 g/mol. The Morgan fingerprint density at radius 2 is 2.00 bits per heavy atom. The van der Waals surface area contributed by atoms with E-state index in [0.717, 1.165) is 31.4 Å². The number of thiocarbonyl (C=S) groups is 1. The van der Waals surface area contributed by atoms with Crippen molar-refractivity contribution in [3.63, 3.8) is 0 Å². The van der Waals surface area contributed by atoms with Gasteiger partial charge in [-0.2, -0.15) is 0 Å². The number of aromatic hydroxyl groups is 1. The molecule has 27 heavy (non-hydrogen) atoms. The fourth-order valence-electron chi connectivity index (χ4n) is 3.76. The SMILES string of the molecule is CN1C(=S)N(C2CCCCC2)C(=O)C1=Cc1ccc(N(C)CCO)cc1O. The van der Waals surface area contributed by atoms with Gasteiger partial charge in [0.2, 0.25) is 0 Å². The summed E-state index contributed by atoms with van der Waals surface area (Å²) in [4.78, 5) is 18.3. The molecule has 0 spiro atoms. The van der Waals surface area contributed by atoms with Crippen LogP contribution in [0.25, 0.3) is 6.08 Å². The molecule has 2 fully saturated rings. The van der Waals surface area contributed by atoms with Crippen molar-refractivity contribution >= 4 is 35.0 Å². The second-order valence-electron chi connectivity index (χ2n) is 7.23. The Kier molecular flexibility index (Phi) is 6.01. The molecule has 0 unspecified atom stereocenters. The van der Waals surface area contributed by atoms with Gasteiger partial charge < -0.3 is 20.0 Å². The summed E-state index contributed by atoms with van der Waals surface area (Å²) in [5.74, 6) is 0.00306. The number of anilines is 1. The van der Waals surface area contributed by atoms with Crippen molar-refractivity contribution < 1.29 is 15.0 Å². The van der Waals surface area contributed by atoms with Gasteiger partial charge in [-0.3, -0.25) is 9.69 Å². The van der Waals surface area contributed by atoms with Gasteiger partial charge in [-0.1, -0.05) is 19.3 Å². The van der Waals surface area contributed by atoms with Gasteiger partial charge in [0.05, 0.1) is 6.61 Å². The quantitative estimate of drug-likeness (QED) is 0.596. The van der Waals surface area contributed by atoms with Crippen LogP contribution in [0.1, 0.15) is 37.7 Å². The van der Waals surface area contributed by atoms with E-state index in [4.69, 9.17) is 17.3 Å². The number of aliphatic hydroxyl groups is 1. The van der Waals surface area contributed by atoms with Gasteiger partial charge in [-0.25, -0.2) is 0 Å². The summed E-state index contributed by atoms with van der Waals surface area (Å²) in [5, 5.41) is 20.0. The number of likely N-dealkylation sites (N-methyl/N-ethyl adjacent to an activating group) is 2. The number of carbonyl (C=O) groups excluding carboxylic acids is 1. The predicted octanol–water partition coefficient (Wildman–Crippen LogP) is 2.55. The molecule has 2 aliphatic rings. The summed E-state index contributed by atoms with van der Waals surface area (Å²) in [6.45, 7) is 0.516. The lowest BCUT2D eigenvalue weighted by molar-refractivity contribution is -0.124. The lowest BCUT2D eigenvalue weighted by Gasteiger charge is -2.30. The van der Waals surface area contributed by atoms with E-state index in [9.17, 15) is 9.90 Å². The third-order valence-corrected chi connectivity index (χ3v) is 5.89. The van der Waals surface area contributed by atoms with E-state index in [1.165, 1.54) is 6.42 Å². The van der Waals surface area contributed by atoms with Crippen LogP contribution in [0.4, 0.5) is 5.69 Å². The van der Waals surface area contributed by atoms with Crippen molar-refractivity contribution in [1.29, 1.82) is 0 Å². The molecule has 0 atom stereocenters. The van der Waals surface area contributed by atoms with Crippen LogP contribution in [0.3, 0.4) is 0 Å². The summed E-state index contributed by atoms with van der Waals surface area (Å²) in [6, 6.07) is 5.45. The molecule has 2 N–H and O–H groups in total. The Hall–Kier alpha value is -2.12. The first-order chi connectivity index (χ1) is 12.9. The maximum absolute atomic E-state index is 13.0. The Balaban J connectivity index is 1.85. The number of phenols is 1. The molecule has 1 saturated heterocycles. The van der Waals surface area contributed by atoms with E-state index in [2.05, 4.69) is 0 Å². The highest BCUT2D eigenvalue weighted by Crippen LogP contribution is 2.32. The molecule has 3 rings (SSSR count). The zero-order valence-electron chi connectivity index (χ0n) is 15.9. The van der Waals surface area contributed by atoms with Crippen LogP contribution in [-0.2, 0) is 4.79 Å². The topological polar surface area (TPSA) is 67.2 Å². The lowest BCUT2D eigenvalue weighted by atomic mass is 9.94. The molecule has 1 amide bonds. The van der Waals surface area contributed by atoms with Gasteiger partial charge >= 0.3 is 0 Å². The lowest BCUT2D eigenvalue weighted by Crippen LogP contribution is -2.41. The Bertz CT molecular complexity index is 759. The maximum atomic E-state index is 13.0. The van der Waals surface area contributed by atoms with Gasteiger partial charge in [0.15, 0.2) is 5.11 Å². The molecular formula is C20H27N3O3S. The average Bonchev–Trinajstić information content (AvgIpc) is 2.87. The van der Waals surface area contributed by atoms with E-state index in [1.807, 2.05) is 18.0 Å². The number of phenolic OH excluding ortho intramolecular Hbond substituents is 1. The number of rotatable bonds is 5. The highest BCUT2D eigenvalue weighted by molar-refractivity contribution is 7.80. The minimum Gasteiger partial charge on any atom is -0.507 e. The maximum Gasteiger partial charge on any atom is 0.277 e. The van der Waals surface area contributed by atoms with E-state index in [1.54, 1.807) is 35.1 Å². The van der Waals surface area contributed by atoms with Crippen LogP contribution in [-0.4, -0.2) is 64.3 Å². The molecule has 1 aromatic carbocycles. The Morgan fingerprint density at radius 3 is 2.63 bits per heavy atom. The number of amides is 1. The normalized spacial score (nSPS) is 20.0. The molecule has 1 heterocycles. The molecule has 1 aliphatic heterocycles. The molecule has 0 radical (unpaired) electrons. The number of benzene rings is 1. The fraction of sp³-hybridized carbons (Fsp3) is 0.500. The number of nitrogens with zero attached hydrogens (tertiary/aromatic N) is 3. The van der Waals surface area contributed by atoms with Crippen molar-refractivity contribution in [3.8, 4) is 5.75 Å². The molecule has 146 valence electrons. The molecule has 1 saturated carbocycles. The third-order valence-electron chi connectivity index (χ3n) is 5.41. The Labute approximate surface area is 165 Å². The van der Waals surface area contributed by atoms with Crippen LogP contribution < -0.4 is 4.90 Å². The highest BCUT2D eigenvalue weighted by atomic mass is 32.1. The number of hydrogen-bond donors (Lipinski definition) is 2. The monoisotopic (exact) mass is 389 g/mol. The molecule has 7 heteroatoms. The van der Waals surface area contributed by atoms with Gasteiger partial charge in [0.25, 0.3) is 5.91 Å². The van der Waals surface area contributed by atoms with Crippen molar-refractivity contribution in [3.05, 3.63) is 29.5 Å². The van der Waals surface area contributed by atoms with Crippen LogP contribution in [0.15, 0.2) is 23.9 Å².